The largest absolute Gasteiger partial charge is 0.287 e. The molecule has 3 nitrogen and oxygen atoms in total. The summed E-state index contributed by atoms with van der Waals surface area (Å²) in [7, 11) is 0. The fourth-order valence-electron chi connectivity index (χ4n) is 3.75. The van der Waals surface area contributed by atoms with Crippen LogP contribution in [0.5, 0.6) is 0 Å². The number of hydrogen-bond acceptors (Lipinski definition) is 3. The van der Waals surface area contributed by atoms with Crippen LogP contribution in [-0.4, -0.2) is 42.3 Å². The normalized spacial score (nSPS) is 29.4. The maximum Gasteiger partial charge on any atom is 0.0827 e. The Morgan fingerprint density at radius 1 is 1.10 bits per heavy atom. The molecule has 0 saturated carbocycles. The Bertz CT molecular complexity index is 398. The van der Waals surface area contributed by atoms with Crippen LogP contribution < -0.4 is 5.43 Å². The van der Waals surface area contributed by atoms with Gasteiger partial charge in [-0.2, -0.15) is 0 Å². The van der Waals surface area contributed by atoms with Gasteiger partial charge in [-0.05, 0) is 31.4 Å². The van der Waals surface area contributed by atoms with Gasteiger partial charge in [0.15, 0.2) is 0 Å². The number of nitrogens with one attached hydrogen (secondary N) is 1. The van der Waals surface area contributed by atoms with Gasteiger partial charge in [0.2, 0.25) is 0 Å². The zero-order chi connectivity index (χ0) is 13.8. The van der Waals surface area contributed by atoms with Crippen molar-refractivity contribution < 1.29 is 0 Å². The number of rotatable bonds is 3. The molecule has 0 spiro atoms. The van der Waals surface area contributed by atoms with Crippen molar-refractivity contribution in [3.63, 3.8) is 0 Å². The summed E-state index contributed by atoms with van der Waals surface area (Å²) in [5, 5.41) is 2.53. The summed E-state index contributed by atoms with van der Waals surface area (Å²) < 4.78 is 0. The van der Waals surface area contributed by atoms with Crippen LogP contribution in [0.4, 0.5) is 0 Å². The predicted molar refractivity (Wildman–Crippen MR) is 83.4 cm³/mol. The van der Waals surface area contributed by atoms with Gasteiger partial charge < -0.3 is 0 Å². The number of hydrogen-bond donors (Lipinski definition) is 1. The Balaban J connectivity index is 1.82. The molecule has 3 rings (SSSR count). The highest BCUT2D eigenvalue weighted by Gasteiger charge is 2.38. The highest BCUT2D eigenvalue weighted by atomic mass is 15.6. The lowest BCUT2D eigenvalue weighted by molar-refractivity contribution is 0.0294. The molecule has 2 fully saturated rings. The Morgan fingerprint density at radius 3 is 2.75 bits per heavy atom. The molecule has 20 heavy (non-hydrogen) atoms. The van der Waals surface area contributed by atoms with Gasteiger partial charge >= 0.3 is 0 Å². The maximum atomic E-state index is 3.68. The molecular weight excluding hydrogens is 246 g/mol. The molecule has 110 valence electrons. The van der Waals surface area contributed by atoms with Crippen molar-refractivity contribution in [1.29, 1.82) is 0 Å². The third kappa shape index (κ3) is 2.90. The van der Waals surface area contributed by atoms with E-state index in [1.54, 1.807) is 0 Å². The van der Waals surface area contributed by atoms with Crippen LogP contribution in [0.15, 0.2) is 30.3 Å². The summed E-state index contributed by atoms with van der Waals surface area (Å²) in [6.07, 6.45) is 5.80. The lowest BCUT2D eigenvalue weighted by Gasteiger charge is -2.37. The van der Waals surface area contributed by atoms with E-state index in [1.165, 1.54) is 44.3 Å². The van der Waals surface area contributed by atoms with Crippen LogP contribution in [0, 0.1) is 0 Å². The first-order valence-corrected chi connectivity index (χ1v) is 8.19. The van der Waals surface area contributed by atoms with E-state index < -0.39 is 0 Å². The summed E-state index contributed by atoms with van der Waals surface area (Å²) in [6, 6.07) is 11.1. The molecule has 1 N–H and O–H groups in total. The fourth-order valence-corrected chi connectivity index (χ4v) is 3.75. The van der Waals surface area contributed by atoms with E-state index in [9.17, 15) is 0 Å². The minimum absolute atomic E-state index is 0.528. The van der Waals surface area contributed by atoms with Crippen molar-refractivity contribution in [2.75, 3.05) is 26.2 Å². The van der Waals surface area contributed by atoms with Gasteiger partial charge in [0.25, 0.3) is 0 Å². The summed E-state index contributed by atoms with van der Waals surface area (Å²) in [4.78, 5) is 2.63. The molecular formula is C17H27N3. The van der Waals surface area contributed by atoms with E-state index in [4.69, 9.17) is 0 Å². The Morgan fingerprint density at radius 2 is 1.95 bits per heavy atom. The average molecular weight is 273 g/mol. The molecule has 2 saturated heterocycles. The Hall–Kier alpha value is -0.900. The fraction of sp³-hybridized carbons (Fsp3) is 0.647. The molecule has 3 heteroatoms. The first-order valence-electron chi connectivity index (χ1n) is 8.19. The van der Waals surface area contributed by atoms with Crippen molar-refractivity contribution >= 4 is 0 Å². The van der Waals surface area contributed by atoms with Crippen LogP contribution in [0.2, 0.25) is 0 Å². The van der Waals surface area contributed by atoms with Gasteiger partial charge in [-0.3, -0.25) is 10.3 Å². The summed E-state index contributed by atoms with van der Waals surface area (Å²) >= 11 is 0. The smallest absolute Gasteiger partial charge is 0.0827 e. The van der Waals surface area contributed by atoms with Crippen molar-refractivity contribution in [2.24, 2.45) is 0 Å². The molecule has 1 aromatic rings. The van der Waals surface area contributed by atoms with Crippen molar-refractivity contribution in [3.8, 4) is 0 Å². The molecule has 2 unspecified atom stereocenters. The number of benzene rings is 1. The second-order valence-electron chi connectivity index (χ2n) is 6.01. The highest BCUT2D eigenvalue weighted by molar-refractivity contribution is 5.22. The summed E-state index contributed by atoms with van der Waals surface area (Å²) in [5.41, 5.74) is 5.18. The number of likely N-dealkylation sites (tertiary alicyclic amines) is 1. The minimum Gasteiger partial charge on any atom is -0.287 e. The molecule has 0 aliphatic carbocycles. The Kier molecular flexibility index (Phi) is 4.71. The quantitative estimate of drug-likeness (QED) is 0.913. The van der Waals surface area contributed by atoms with Crippen LogP contribution in [0.3, 0.4) is 0 Å². The Labute approximate surface area is 122 Å². The van der Waals surface area contributed by atoms with Gasteiger partial charge in [-0.15, -0.1) is 0 Å². The third-order valence-corrected chi connectivity index (χ3v) is 4.81. The highest BCUT2D eigenvalue weighted by Crippen LogP contribution is 2.35. The van der Waals surface area contributed by atoms with Crippen LogP contribution >= 0.6 is 0 Å². The first-order chi connectivity index (χ1) is 9.90. The summed E-state index contributed by atoms with van der Waals surface area (Å²) in [6.45, 7) is 6.98. The second kappa shape index (κ2) is 6.70. The molecule has 0 aromatic heterocycles. The molecule has 0 bridgehead atoms. The molecule has 2 aliphatic rings. The molecule has 2 aliphatic heterocycles. The molecule has 2 heterocycles. The molecule has 2 atom stereocenters. The third-order valence-electron chi connectivity index (χ3n) is 4.81. The van der Waals surface area contributed by atoms with Gasteiger partial charge in [-0.25, -0.2) is 5.01 Å². The van der Waals surface area contributed by atoms with Crippen LogP contribution in [0.25, 0.3) is 0 Å². The average Bonchev–Trinajstić information content (AvgIpc) is 2.75. The zero-order valence-electron chi connectivity index (χ0n) is 12.6. The minimum atomic E-state index is 0.528. The van der Waals surface area contributed by atoms with E-state index in [0.29, 0.717) is 12.1 Å². The lowest BCUT2D eigenvalue weighted by atomic mass is 9.95. The van der Waals surface area contributed by atoms with E-state index in [-0.39, 0.29) is 0 Å². The van der Waals surface area contributed by atoms with Gasteiger partial charge in [0.1, 0.15) is 0 Å². The molecule has 1 aromatic carbocycles. The first kappa shape index (κ1) is 14.1. The van der Waals surface area contributed by atoms with Crippen LogP contribution in [-0.2, 0) is 0 Å². The monoisotopic (exact) mass is 273 g/mol. The van der Waals surface area contributed by atoms with Crippen LogP contribution in [0.1, 0.15) is 44.1 Å². The predicted octanol–water partition coefficient (Wildman–Crippen LogP) is 2.81. The standard InChI is InChI=1S/C17H27N3/c1-2-19-14-11-16(15-9-5-3-6-10-15)17(19)20-13-8-4-7-12-18-20/h3,5-6,9-10,16-18H,2,4,7-8,11-14H2,1H3. The number of nitrogens with zero attached hydrogens (tertiary/aromatic N) is 2. The van der Waals surface area contributed by atoms with E-state index in [2.05, 4.69) is 52.6 Å². The van der Waals surface area contributed by atoms with E-state index >= 15 is 0 Å². The maximum absolute atomic E-state index is 3.68. The van der Waals surface area contributed by atoms with Gasteiger partial charge in [-0.1, -0.05) is 43.7 Å². The topological polar surface area (TPSA) is 18.5 Å². The second-order valence-corrected chi connectivity index (χ2v) is 6.01. The summed E-state index contributed by atoms with van der Waals surface area (Å²) in [5.74, 6) is 0.641. The van der Waals surface area contributed by atoms with Crippen molar-refractivity contribution in [2.45, 2.75) is 44.7 Å². The van der Waals surface area contributed by atoms with E-state index in [0.717, 1.165) is 13.1 Å². The zero-order valence-corrected chi connectivity index (χ0v) is 12.6. The van der Waals surface area contributed by atoms with Gasteiger partial charge in [0.05, 0.1) is 6.17 Å². The number of likely N-dealkylation sites (N-methyl/N-ethyl adjacent to an activating group) is 1. The molecule has 0 amide bonds. The molecule has 0 radical (unpaired) electrons. The number of hydrazine groups is 1. The van der Waals surface area contributed by atoms with Crippen molar-refractivity contribution in [1.82, 2.24) is 15.3 Å². The van der Waals surface area contributed by atoms with Crippen molar-refractivity contribution in [3.05, 3.63) is 35.9 Å². The van der Waals surface area contributed by atoms with Gasteiger partial charge in [0, 0.05) is 25.6 Å². The van der Waals surface area contributed by atoms with E-state index in [1.807, 2.05) is 0 Å². The lowest BCUT2D eigenvalue weighted by Crippen LogP contribution is -2.53. The SMILES string of the molecule is CCN1CCC(c2ccccc2)C1N1CCCCCN1.